The van der Waals surface area contributed by atoms with E-state index in [1.165, 1.54) is 6.42 Å². The van der Waals surface area contributed by atoms with Gasteiger partial charge in [-0.25, -0.2) is 0 Å². The summed E-state index contributed by atoms with van der Waals surface area (Å²) in [6.07, 6.45) is 1.17. The lowest BCUT2D eigenvalue weighted by molar-refractivity contribution is 0.548. The smallest absolute Gasteiger partial charge is 0.107 e. The van der Waals surface area contributed by atoms with E-state index in [2.05, 4.69) is 47.7 Å². The third kappa shape index (κ3) is 3.69. The van der Waals surface area contributed by atoms with Gasteiger partial charge >= 0.3 is 0 Å². The topological polar surface area (TPSA) is 29.3 Å². The number of hydrogen-bond acceptors (Lipinski definition) is 2. The SMILES string of the molecule is CCC(C)CN(CC)c1cccc(Br)c1C(N)=S. The fourth-order valence-corrected chi connectivity index (χ4v) is 2.84. The third-order valence-corrected chi connectivity index (χ3v) is 4.05. The van der Waals surface area contributed by atoms with Crippen molar-refractivity contribution in [1.82, 2.24) is 0 Å². The van der Waals surface area contributed by atoms with Gasteiger partial charge in [0.25, 0.3) is 0 Å². The Morgan fingerprint density at radius 2 is 2.11 bits per heavy atom. The second kappa shape index (κ2) is 7.10. The van der Waals surface area contributed by atoms with Crippen LogP contribution >= 0.6 is 28.1 Å². The van der Waals surface area contributed by atoms with E-state index < -0.39 is 0 Å². The molecule has 1 rings (SSSR count). The standard InChI is InChI=1S/C14H21BrN2S/c1-4-10(3)9-17(5-2)12-8-6-7-11(15)13(12)14(16)18/h6-8,10H,4-5,9H2,1-3H3,(H2,16,18). The van der Waals surface area contributed by atoms with Crippen LogP contribution in [-0.4, -0.2) is 18.1 Å². The van der Waals surface area contributed by atoms with Crippen molar-refractivity contribution >= 4 is 38.8 Å². The van der Waals surface area contributed by atoms with Crippen LogP contribution in [0.3, 0.4) is 0 Å². The Bertz CT molecular complexity index is 420. The number of anilines is 1. The minimum atomic E-state index is 0.445. The van der Waals surface area contributed by atoms with E-state index in [0.29, 0.717) is 10.9 Å². The summed E-state index contributed by atoms with van der Waals surface area (Å²) >= 11 is 8.70. The lowest BCUT2D eigenvalue weighted by Crippen LogP contribution is -2.30. The Balaban J connectivity index is 3.13. The second-order valence-corrected chi connectivity index (χ2v) is 5.84. The summed E-state index contributed by atoms with van der Waals surface area (Å²) in [7, 11) is 0. The van der Waals surface area contributed by atoms with Crippen LogP contribution in [0.15, 0.2) is 22.7 Å². The average Bonchev–Trinajstić information content (AvgIpc) is 2.34. The average molecular weight is 329 g/mol. The molecule has 0 spiro atoms. The first-order valence-corrected chi connectivity index (χ1v) is 7.54. The fourth-order valence-electron chi connectivity index (χ4n) is 1.92. The number of benzene rings is 1. The van der Waals surface area contributed by atoms with Gasteiger partial charge in [-0.1, -0.05) is 38.6 Å². The summed E-state index contributed by atoms with van der Waals surface area (Å²) in [5.41, 5.74) is 7.91. The lowest BCUT2D eigenvalue weighted by atomic mass is 10.1. The number of rotatable bonds is 6. The molecule has 0 saturated heterocycles. The van der Waals surface area contributed by atoms with Crippen LogP contribution in [0.5, 0.6) is 0 Å². The molecule has 1 aromatic rings. The molecule has 18 heavy (non-hydrogen) atoms. The van der Waals surface area contributed by atoms with Gasteiger partial charge in [0.2, 0.25) is 0 Å². The van der Waals surface area contributed by atoms with E-state index in [1.54, 1.807) is 0 Å². The highest BCUT2D eigenvalue weighted by molar-refractivity contribution is 9.10. The zero-order valence-corrected chi connectivity index (χ0v) is 13.6. The van der Waals surface area contributed by atoms with Crippen LogP contribution in [0, 0.1) is 5.92 Å². The maximum atomic E-state index is 5.85. The van der Waals surface area contributed by atoms with Crippen molar-refractivity contribution in [3.05, 3.63) is 28.2 Å². The van der Waals surface area contributed by atoms with Gasteiger partial charge < -0.3 is 10.6 Å². The molecular weight excluding hydrogens is 308 g/mol. The largest absolute Gasteiger partial charge is 0.389 e. The Morgan fingerprint density at radius 1 is 1.44 bits per heavy atom. The van der Waals surface area contributed by atoms with Gasteiger partial charge in [0, 0.05) is 28.8 Å². The Labute approximate surface area is 124 Å². The molecule has 0 amide bonds. The predicted molar refractivity (Wildman–Crippen MR) is 87.4 cm³/mol. The maximum absolute atomic E-state index is 5.85. The van der Waals surface area contributed by atoms with E-state index in [-0.39, 0.29) is 0 Å². The summed E-state index contributed by atoms with van der Waals surface area (Å²) in [5.74, 6) is 0.656. The fraction of sp³-hybridized carbons (Fsp3) is 0.500. The molecule has 0 saturated carbocycles. The van der Waals surface area contributed by atoms with Crippen molar-refractivity contribution in [2.45, 2.75) is 27.2 Å². The Morgan fingerprint density at radius 3 is 2.61 bits per heavy atom. The number of halogens is 1. The normalized spacial score (nSPS) is 12.2. The van der Waals surface area contributed by atoms with Crippen molar-refractivity contribution in [2.75, 3.05) is 18.0 Å². The van der Waals surface area contributed by atoms with Crippen LogP contribution < -0.4 is 10.6 Å². The molecule has 0 heterocycles. The summed E-state index contributed by atoms with van der Waals surface area (Å²) < 4.78 is 0.968. The van der Waals surface area contributed by atoms with Crippen molar-refractivity contribution in [1.29, 1.82) is 0 Å². The Kier molecular flexibility index (Phi) is 6.09. The molecule has 1 aromatic carbocycles. The molecule has 100 valence electrons. The minimum Gasteiger partial charge on any atom is -0.389 e. The highest BCUT2D eigenvalue weighted by atomic mass is 79.9. The monoisotopic (exact) mass is 328 g/mol. The molecule has 2 nitrogen and oxygen atoms in total. The zero-order valence-electron chi connectivity index (χ0n) is 11.2. The van der Waals surface area contributed by atoms with Crippen LogP contribution in [-0.2, 0) is 0 Å². The predicted octanol–water partition coefficient (Wildman–Crippen LogP) is 3.96. The van der Waals surface area contributed by atoms with Gasteiger partial charge in [0.15, 0.2) is 0 Å². The molecule has 1 unspecified atom stereocenters. The summed E-state index contributed by atoms with van der Waals surface area (Å²) in [6.45, 7) is 8.62. The van der Waals surface area contributed by atoms with E-state index in [9.17, 15) is 0 Å². The van der Waals surface area contributed by atoms with Crippen molar-refractivity contribution in [3.8, 4) is 0 Å². The molecular formula is C14H21BrN2S. The number of hydrogen-bond donors (Lipinski definition) is 1. The van der Waals surface area contributed by atoms with Crippen molar-refractivity contribution in [2.24, 2.45) is 11.7 Å². The number of nitrogens with two attached hydrogens (primary N) is 1. The van der Waals surface area contributed by atoms with E-state index in [0.717, 1.165) is 28.8 Å². The van der Waals surface area contributed by atoms with Crippen LogP contribution in [0.4, 0.5) is 5.69 Å². The van der Waals surface area contributed by atoms with Gasteiger partial charge in [-0.05, 0) is 40.9 Å². The summed E-state index contributed by atoms with van der Waals surface area (Å²) in [6, 6.07) is 6.10. The van der Waals surface area contributed by atoms with Crippen molar-refractivity contribution < 1.29 is 0 Å². The molecule has 0 aliphatic rings. The van der Waals surface area contributed by atoms with Crippen LogP contribution in [0.2, 0.25) is 0 Å². The maximum Gasteiger partial charge on any atom is 0.107 e. The summed E-state index contributed by atoms with van der Waals surface area (Å²) in [5, 5.41) is 0. The van der Waals surface area contributed by atoms with E-state index >= 15 is 0 Å². The molecule has 0 bridgehead atoms. The number of nitrogens with zero attached hydrogens (tertiary/aromatic N) is 1. The van der Waals surface area contributed by atoms with Gasteiger partial charge in [-0.15, -0.1) is 0 Å². The molecule has 0 aliphatic heterocycles. The first kappa shape index (κ1) is 15.4. The quantitative estimate of drug-likeness (QED) is 0.801. The molecule has 0 radical (unpaired) electrons. The first-order valence-electron chi connectivity index (χ1n) is 6.34. The van der Waals surface area contributed by atoms with Gasteiger partial charge in [0.1, 0.15) is 4.99 Å². The number of thiocarbonyl (C=S) groups is 1. The highest BCUT2D eigenvalue weighted by Gasteiger charge is 2.15. The molecule has 0 aliphatic carbocycles. The highest BCUT2D eigenvalue weighted by Crippen LogP contribution is 2.28. The first-order chi connectivity index (χ1) is 8.51. The van der Waals surface area contributed by atoms with E-state index in [4.69, 9.17) is 18.0 Å². The van der Waals surface area contributed by atoms with E-state index in [1.807, 2.05) is 12.1 Å². The van der Waals surface area contributed by atoms with Gasteiger partial charge in [-0.3, -0.25) is 0 Å². The molecule has 4 heteroatoms. The third-order valence-electron chi connectivity index (χ3n) is 3.19. The molecule has 0 aromatic heterocycles. The lowest BCUT2D eigenvalue weighted by Gasteiger charge is -2.28. The summed E-state index contributed by atoms with van der Waals surface area (Å²) in [4.78, 5) is 2.79. The van der Waals surface area contributed by atoms with Crippen LogP contribution in [0.1, 0.15) is 32.8 Å². The van der Waals surface area contributed by atoms with Gasteiger partial charge in [-0.2, -0.15) is 0 Å². The molecule has 1 atom stereocenters. The van der Waals surface area contributed by atoms with Crippen LogP contribution in [0.25, 0.3) is 0 Å². The minimum absolute atomic E-state index is 0.445. The van der Waals surface area contributed by atoms with Crippen molar-refractivity contribution in [3.63, 3.8) is 0 Å². The molecule has 0 fully saturated rings. The second-order valence-electron chi connectivity index (χ2n) is 4.55. The Hall–Kier alpha value is -0.610. The zero-order chi connectivity index (χ0) is 13.7. The van der Waals surface area contributed by atoms with Gasteiger partial charge in [0.05, 0.1) is 0 Å². The molecule has 2 N–H and O–H groups in total.